The van der Waals surface area contributed by atoms with Crippen molar-refractivity contribution < 1.29 is 13.2 Å². The van der Waals surface area contributed by atoms with Gasteiger partial charge in [0.05, 0.1) is 12.4 Å². The van der Waals surface area contributed by atoms with Gasteiger partial charge in [0.15, 0.2) is 0 Å². The van der Waals surface area contributed by atoms with E-state index in [4.69, 9.17) is 4.74 Å². The smallest absolute Gasteiger partial charge is 0.218 e. The predicted molar refractivity (Wildman–Crippen MR) is 100 cm³/mol. The minimum atomic E-state index is -3.24. The Morgan fingerprint density at radius 2 is 1.64 bits per heavy atom. The van der Waals surface area contributed by atoms with Crippen molar-refractivity contribution in [2.45, 2.75) is 25.5 Å². The van der Waals surface area contributed by atoms with Gasteiger partial charge in [0, 0.05) is 13.1 Å². The highest BCUT2D eigenvalue weighted by molar-refractivity contribution is 7.88. The standard InChI is InChI=1S/C20H25NO3S/c1-17-7-9-20(10-8-17)24-15-18-11-13-21(14-12-18)25(22,23)16-19-5-3-2-4-6-19/h2-10,18H,11-16H2,1H3. The van der Waals surface area contributed by atoms with E-state index >= 15 is 0 Å². The van der Waals surface area contributed by atoms with E-state index in [1.807, 2.05) is 54.6 Å². The number of hydrogen-bond donors (Lipinski definition) is 0. The lowest BCUT2D eigenvalue weighted by molar-refractivity contribution is 0.185. The Hall–Kier alpha value is -1.85. The molecular formula is C20H25NO3S. The number of benzene rings is 2. The van der Waals surface area contributed by atoms with Crippen molar-refractivity contribution in [2.24, 2.45) is 5.92 Å². The molecule has 0 aliphatic carbocycles. The molecule has 0 unspecified atom stereocenters. The second-order valence-electron chi connectivity index (χ2n) is 6.71. The first kappa shape index (κ1) is 18.0. The predicted octanol–water partition coefficient (Wildman–Crippen LogP) is 3.62. The van der Waals surface area contributed by atoms with E-state index < -0.39 is 10.0 Å². The lowest BCUT2D eigenvalue weighted by Crippen LogP contribution is -2.40. The van der Waals surface area contributed by atoms with Gasteiger partial charge in [-0.05, 0) is 43.4 Å². The van der Waals surface area contributed by atoms with Crippen LogP contribution in [0.3, 0.4) is 0 Å². The molecule has 0 N–H and O–H groups in total. The SMILES string of the molecule is Cc1ccc(OCC2CCN(S(=O)(=O)Cc3ccccc3)CC2)cc1. The van der Waals surface area contributed by atoms with Gasteiger partial charge in [-0.15, -0.1) is 0 Å². The Kier molecular flexibility index (Phi) is 5.76. The normalized spacial score (nSPS) is 16.7. The van der Waals surface area contributed by atoms with Gasteiger partial charge in [0.2, 0.25) is 10.0 Å². The molecule has 2 aromatic rings. The third-order valence-corrected chi connectivity index (χ3v) is 6.52. The van der Waals surface area contributed by atoms with Gasteiger partial charge in [0.25, 0.3) is 0 Å². The summed E-state index contributed by atoms with van der Waals surface area (Å²) in [6.07, 6.45) is 1.69. The summed E-state index contributed by atoms with van der Waals surface area (Å²) in [5.41, 5.74) is 2.05. The Labute approximate surface area is 150 Å². The Morgan fingerprint density at radius 3 is 2.28 bits per heavy atom. The van der Waals surface area contributed by atoms with E-state index in [9.17, 15) is 8.42 Å². The van der Waals surface area contributed by atoms with E-state index in [0.29, 0.717) is 25.6 Å². The van der Waals surface area contributed by atoms with Crippen molar-refractivity contribution in [1.29, 1.82) is 0 Å². The zero-order valence-electron chi connectivity index (χ0n) is 14.6. The van der Waals surface area contributed by atoms with Crippen LogP contribution in [-0.4, -0.2) is 32.4 Å². The molecule has 0 aromatic heterocycles. The molecule has 1 heterocycles. The number of aryl methyl sites for hydroxylation is 1. The molecule has 4 nitrogen and oxygen atoms in total. The summed E-state index contributed by atoms with van der Waals surface area (Å²) >= 11 is 0. The van der Waals surface area contributed by atoms with Crippen molar-refractivity contribution in [2.75, 3.05) is 19.7 Å². The third kappa shape index (κ3) is 5.06. The minimum absolute atomic E-state index is 0.0817. The van der Waals surface area contributed by atoms with E-state index in [2.05, 4.69) is 6.92 Å². The molecule has 2 aromatic carbocycles. The van der Waals surface area contributed by atoms with Gasteiger partial charge >= 0.3 is 0 Å². The summed E-state index contributed by atoms with van der Waals surface area (Å²) in [5.74, 6) is 1.37. The fourth-order valence-corrected chi connectivity index (χ4v) is 4.64. The maximum atomic E-state index is 12.6. The maximum absolute atomic E-state index is 12.6. The highest BCUT2D eigenvalue weighted by Crippen LogP contribution is 2.23. The van der Waals surface area contributed by atoms with Crippen LogP contribution in [0.25, 0.3) is 0 Å². The first-order valence-corrected chi connectivity index (χ1v) is 10.3. The average Bonchev–Trinajstić information content (AvgIpc) is 2.62. The van der Waals surface area contributed by atoms with Gasteiger partial charge in [-0.1, -0.05) is 48.0 Å². The zero-order valence-corrected chi connectivity index (χ0v) is 15.4. The quantitative estimate of drug-likeness (QED) is 0.791. The summed E-state index contributed by atoms with van der Waals surface area (Å²) < 4.78 is 32.6. The number of sulfonamides is 1. The molecule has 134 valence electrons. The summed E-state index contributed by atoms with van der Waals surface area (Å²) in [7, 11) is -3.24. The highest BCUT2D eigenvalue weighted by Gasteiger charge is 2.28. The van der Waals surface area contributed by atoms with Gasteiger partial charge in [-0.25, -0.2) is 12.7 Å². The Balaban J connectivity index is 1.48. The van der Waals surface area contributed by atoms with Crippen molar-refractivity contribution in [1.82, 2.24) is 4.31 Å². The van der Waals surface area contributed by atoms with Crippen LogP contribution in [0, 0.1) is 12.8 Å². The maximum Gasteiger partial charge on any atom is 0.218 e. The van der Waals surface area contributed by atoms with Crippen LogP contribution in [0.2, 0.25) is 0 Å². The minimum Gasteiger partial charge on any atom is -0.493 e. The number of ether oxygens (including phenoxy) is 1. The first-order chi connectivity index (χ1) is 12.0. The lowest BCUT2D eigenvalue weighted by atomic mass is 9.99. The lowest BCUT2D eigenvalue weighted by Gasteiger charge is -2.31. The average molecular weight is 359 g/mol. The second kappa shape index (κ2) is 8.02. The van der Waals surface area contributed by atoms with Gasteiger partial charge < -0.3 is 4.74 Å². The summed E-state index contributed by atoms with van der Waals surface area (Å²) in [4.78, 5) is 0. The molecule has 25 heavy (non-hydrogen) atoms. The first-order valence-electron chi connectivity index (χ1n) is 8.74. The molecule has 0 atom stereocenters. The highest BCUT2D eigenvalue weighted by atomic mass is 32.2. The molecule has 0 saturated carbocycles. The molecule has 1 fully saturated rings. The fraction of sp³-hybridized carbons (Fsp3) is 0.400. The number of nitrogens with zero attached hydrogens (tertiary/aromatic N) is 1. The second-order valence-corrected chi connectivity index (χ2v) is 8.68. The Bertz CT molecular complexity index is 764. The number of hydrogen-bond acceptors (Lipinski definition) is 3. The van der Waals surface area contributed by atoms with Crippen molar-refractivity contribution >= 4 is 10.0 Å². The molecule has 1 saturated heterocycles. The molecule has 5 heteroatoms. The van der Waals surface area contributed by atoms with E-state index in [0.717, 1.165) is 24.2 Å². The number of rotatable bonds is 6. The number of piperidine rings is 1. The third-order valence-electron chi connectivity index (χ3n) is 4.67. The van der Waals surface area contributed by atoms with Crippen LogP contribution in [0.15, 0.2) is 54.6 Å². The topological polar surface area (TPSA) is 46.6 Å². The van der Waals surface area contributed by atoms with Crippen molar-refractivity contribution in [3.8, 4) is 5.75 Å². The largest absolute Gasteiger partial charge is 0.493 e. The van der Waals surface area contributed by atoms with Crippen LogP contribution in [-0.2, 0) is 15.8 Å². The van der Waals surface area contributed by atoms with Crippen LogP contribution in [0.1, 0.15) is 24.0 Å². The molecule has 1 aliphatic heterocycles. The molecule has 3 rings (SSSR count). The zero-order chi connectivity index (χ0) is 17.7. The van der Waals surface area contributed by atoms with Gasteiger partial charge in [-0.2, -0.15) is 0 Å². The molecule has 0 bridgehead atoms. The molecule has 1 aliphatic rings. The van der Waals surface area contributed by atoms with Crippen LogP contribution in [0.5, 0.6) is 5.75 Å². The van der Waals surface area contributed by atoms with E-state index in [1.165, 1.54) is 5.56 Å². The van der Waals surface area contributed by atoms with Crippen LogP contribution < -0.4 is 4.74 Å². The Morgan fingerprint density at radius 1 is 1.00 bits per heavy atom. The molecule has 0 radical (unpaired) electrons. The summed E-state index contributed by atoms with van der Waals surface area (Å²) in [6.45, 7) is 3.86. The summed E-state index contributed by atoms with van der Waals surface area (Å²) in [6, 6.07) is 17.4. The van der Waals surface area contributed by atoms with E-state index in [-0.39, 0.29) is 5.75 Å². The van der Waals surface area contributed by atoms with Crippen molar-refractivity contribution in [3.63, 3.8) is 0 Å². The van der Waals surface area contributed by atoms with Gasteiger partial charge in [-0.3, -0.25) is 0 Å². The molecule has 0 amide bonds. The summed E-state index contributed by atoms with van der Waals surface area (Å²) in [5, 5.41) is 0. The van der Waals surface area contributed by atoms with Crippen LogP contribution >= 0.6 is 0 Å². The van der Waals surface area contributed by atoms with Crippen LogP contribution in [0.4, 0.5) is 0 Å². The fourth-order valence-electron chi connectivity index (χ4n) is 3.08. The molecule has 0 spiro atoms. The molecular weight excluding hydrogens is 334 g/mol. The van der Waals surface area contributed by atoms with Crippen molar-refractivity contribution in [3.05, 3.63) is 65.7 Å². The van der Waals surface area contributed by atoms with E-state index in [1.54, 1.807) is 4.31 Å². The monoisotopic (exact) mass is 359 g/mol. The van der Waals surface area contributed by atoms with Gasteiger partial charge in [0.1, 0.15) is 5.75 Å².